The number of halogens is 2. The maximum atomic E-state index is 13.2. The van der Waals surface area contributed by atoms with E-state index < -0.39 is 5.82 Å². The molecule has 3 rings (SSSR count). The maximum absolute atomic E-state index is 13.2. The number of anilines is 1. The van der Waals surface area contributed by atoms with Crippen molar-refractivity contribution in [2.45, 2.75) is 46.2 Å². The third-order valence-corrected chi connectivity index (χ3v) is 4.57. The van der Waals surface area contributed by atoms with Crippen molar-refractivity contribution in [3.05, 3.63) is 51.4 Å². The summed E-state index contributed by atoms with van der Waals surface area (Å²) in [7, 11) is 0. The van der Waals surface area contributed by atoms with Crippen molar-refractivity contribution in [1.82, 2.24) is 19.3 Å². The molecular formula is C19H21ClFN5O2. The summed E-state index contributed by atoms with van der Waals surface area (Å²) in [4.78, 5) is 29.5. The summed E-state index contributed by atoms with van der Waals surface area (Å²) in [6.07, 6.45) is 1.56. The highest BCUT2D eigenvalue weighted by atomic mass is 35.5. The van der Waals surface area contributed by atoms with E-state index in [1.807, 2.05) is 20.8 Å². The Morgan fingerprint density at radius 3 is 2.68 bits per heavy atom. The highest BCUT2D eigenvalue weighted by molar-refractivity contribution is 6.31. The van der Waals surface area contributed by atoms with Gasteiger partial charge in [-0.3, -0.25) is 14.2 Å². The van der Waals surface area contributed by atoms with Crippen molar-refractivity contribution in [1.29, 1.82) is 0 Å². The lowest BCUT2D eigenvalue weighted by Gasteiger charge is -2.20. The lowest BCUT2D eigenvalue weighted by Crippen LogP contribution is -2.28. The number of nitrogens with one attached hydrogen (secondary N) is 1. The first-order chi connectivity index (χ1) is 13.1. The molecule has 0 radical (unpaired) electrons. The molecule has 0 unspecified atom stereocenters. The largest absolute Gasteiger partial charge is 0.326 e. The van der Waals surface area contributed by atoms with Crippen LogP contribution in [0.4, 0.5) is 10.1 Å². The van der Waals surface area contributed by atoms with Crippen molar-refractivity contribution < 1.29 is 9.18 Å². The SMILES string of the molecule is Cc1nc2c(cnn2C(C)(C)C)c(=O)n1CCC(=O)Nc1ccc(F)c(Cl)c1. The van der Waals surface area contributed by atoms with E-state index in [4.69, 9.17) is 11.6 Å². The van der Waals surface area contributed by atoms with E-state index in [0.29, 0.717) is 22.5 Å². The molecule has 0 saturated heterocycles. The Kier molecular flexibility index (Phi) is 5.25. The molecule has 148 valence electrons. The fraction of sp³-hybridized carbons (Fsp3) is 0.368. The van der Waals surface area contributed by atoms with Crippen LogP contribution in [0.15, 0.2) is 29.2 Å². The Balaban J connectivity index is 1.80. The van der Waals surface area contributed by atoms with E-state index in [9.17, 15) is 14.0 Å². The number of hydrogen-bond acceptors (Lipinski definition) is 4. The third kappa shape index (κ3) is 3.91. The first kappa shape index (κ1) is 20.0. The summed E-state index contributed by atoms with van der Waals surface area (Å²) in [5.74, 6) is -0.377. The predicted molar refractivity (Wildman–Crippen MR) is 106 cm³/mol. The molecule has 0 saturated carbocycles. The van der Waals surface area contributed by atoms with Crippen LogP contribution in [0.25, 0.3) is 11.0 Å². The van der Waals surface area contributed by atoms with Gasteiger partial charge in [-0.1, -0.05) is 11.6 Å². The number of rotatable bonds is 4. The van der Waals surface area contributed by atoms with E-state index in [2.05, 4.69) is 15.4 Å². The van der Waals surface area contributed by atoms with Gasteiger partial charge in [-0.05, 0) is 45.9 Å². The van der Waals surface area contributed by atoms with Gasteiger partial charge < -0.3 is 5.32 Å². The second-order valence-electron chi connectivity index (χ2n) is 7.51. The molecule has 0 aliphatic rings. The average Bonchev–Trinajstić information content (AvgIpc) is 3.02. The zero-order valence-electron chi connectivity index (χ0n) is 16.1. The summed E-state index contributed by atoms with van der Waals surface area (Å²) in [5, 5.41) is 7.27. The van der Waals surface area contributed by atoms with Crippen molar-refractivity contribution in [2.24, 2.45) is 0 Å². The number of aromatic nitrogens is 4. The van der Waals surface area contributed by atoms with Gasteiger partial charge in [-0.25, -0.2) is 14.1 Å². The van der Waals surface area contributed by atoms with Gasteiger partial charge in [0, 0.05) is 18.7 Å². The molecule has 0 atom stereocenters. The van der Waals surface area contributed by atoms with Crippen molar-refractivity contribution in [3.63, 3.8) is 0 Å². The molecule has 3 aromatic rings. The minimum atomic E-state index is -0.558. The number of carbonyl (C=O) groups is 1. The van der Waals surface area contributed by atoms with Crippen LogP contribution in [0.1, 0.15) is 33.0 Å². The number of aryl methyl sites for hydroxylation is 1. The molecule has 0 fully saturated rings. The van der Waals surface area contributed by atoms with Crippen LogP contribution in [0.3, 0.4) is 0 Å². The zero-order valence-corrected chi connectivity index (χ0v) is 16.8. The molecular weight excluding hydrogens is 385 g/mol. The second kappa shape index (κ2) is 7.35. The predicted octanol–water partition coefficient (Wildman–Crippen LogP) is 3.48. The molecule has 28 heavy (non-hydrogen) atoms. The summed E-state index contributed by atoms with van der Waals surface area (Å²) >= 11 is 5.71. The molecule has 0 aliphatic carbocycles. The van der Waals surface area contributed by atoms with Gasteiger partial charge in [-0.15, -0.1) is 0 Å². The first-order valence-corrected chi connectivity index (χ1v) is 9.16. The molecule has 9 heteroatoms. The normalized spacial score (nSPS) is 11.8. The Labute approximate surface area is 166 Å². The molecule has 0 bridgehead atoms. The van der Waals surface area contributed by atoms with E-state index in [1.165, 1.54) is 29.0 Å². The van der Waals surface area contributed by atoms with Gasteiger partial charge in [0.15, 0.2) is 5.65 Å². The highest BCUT2D eigenvalue weighted by Crippen LogP contribution is 2.20. The Hall–Kier alpha value is -2.74. The minimum absolute atomic E-state index is 0.0519. The number of hydrogen-bond donors (Lipinski definition) is 1. The number of fused-ring (bicyclic) bond motifs is 1. The maximum Gasteiger partial charge on any atom is 0.264 e. The van der Waals surface area contributed by atoms with Gasteiger partial charge in [0.05, 0.1) is 16.8 Å². The standard InChI is InChI=1S/C19H21ClFN5O2/c1-11-23-17-13(10-22-26(17)19(2,3)4)18(28)25(11)8-7-16(27)24-12-5-6-15(21)14(20)9-12/h5-6,9-10H,7-8H2,1-4H3,(H,24,27). The molecule has 2 aromatic heterocycles. The Bertz CT molecular complexity index is 1110. The van der Waals surface area contributed by atoms with Gasteiger partial charge >= 0.3 is 0 Å². The van der Waals surface area contributed by atoms with E-state index in [0.717, 1.165) is 0 Å². The van der Waals surface area contributed by atoms with Crippen LogP contribution in [0.5, 0.6) is 0 Å². The van der Waals surface area contributed by atoms with Gasteiger partial charge in [0.1, 0.15) is 17.0 Å². The van der Waals surface area contributed by atoms with Crippen LogP contribution in [0.2, 0.25) is 5.02 Å². The van der Waals surface area contributed by atoms with Gasteiger partial charge in [0.2, 0.25) is 5.91 Å². The number of carbonyl (C=O) groups excluding carboxylic acids is 1. The van der Waals surface area contributed by atoms with Crippen molar-refractivity contribution >= 4 is 34.2 Å². The smallest absolute Gasteiger partial charge is 0.264 e. The summed E-state index contributed by atoms with van der Waals surface area (Å²) in [5.41, 5.74) is 0.364. The van der Waals surface area contributed by atoms with Crippen LogP contribution < -0.4 is 10.9 Å². The average molecular weight is 406 g/mol. The molecule has 7 nitrogen and oxygen atoms in total. The summed E-state index contributed by atoms with van der Waals surface area (Å²) in [6, 6.07) is 3.93. The first-order valence-electron chi connectivity index (χ1n) is 8.78. The molecule has 1 aromatic carbocycles. The Morgan fingerprint density at radius 1 is 1.32 bits per heavy atom. The fourth-order valence-electron chi connectivity index (χ4n) is 2.87. The van der Waals surface area contributed by atoms with Crippen LogP contribution >= 0.6 is 11.6 Å². The molecule has 2 heterocycles. The van der Waals surface area contributed by atoms with Gasteiger partial charge in [0.25, 0.3) is 5.56 Å². The highest BCUT2D eigenvalue weighted by Gasteiger charge is 2.21. The number of benzene rings is 1. The third-order valence-electron chi connectivity index (χ3n) is 4.28. The molecule has 1 N–H and O–H groups in total. The van der Waals surface area contributed by atoms with E-state index >= 15 is 0 Å². The van der Waals surface area contributed by atoms with Crippen molar-refractivity contribution in [2.75, 3.05) is 5.32 Å². The van der Waals surface area contributed by atoms with Crippen LogP contribution in [0, 0.1) is 12.7 Å². The van der Waals surface area contributed by atoms with Gasteiger partial charge in [-0.2, -0.15) is 5.10 Å². The summed E-state index contributed by atoms with van der Waals surface area (Å²) < 4.78 is 16.4. The van der Waals surface area contributed by atoms with E-state index in [1.54, 1.807) is 11.6 Å². The second-order valence-corrected chi connectivity index (χ2v) is 7.91. The van der Waals surface area contributed by atoms with Crippen molar-refractivity contribution in [3.8, 4) is 0 Å². The van der Waals surface area contributed by atoms with Crippen LogP contribution in [-0.4, -0.2) is 25.2 Å². The quantitative estimate of drug-likeness (QED) is 0.720. The molecule has 0 spiro atoms. The number of amides is 1. The van der Waals surface area contributed by atoms with Crippen LogP contribution in [-0.2, 0) is 16.9 Å². The minimum Gasteiger partial charge on any atom is -0.326 e. The topological polar surface area (TPSA) is 81.8 Å². The monoisotopic (exact) mass is 405 g/mol. The Morgan fingerprint density at radius 2 is 2.04 bits per heavy atom. The van der Waals surface area contributed by atoms with E-state index in [-0.39, 0.29) is 35.0 Å². The molecule has 1 amide bonds. The number of nitrogens with zero attached hydrogens (tertiary/aromatic N) is 4. The zero-order chi connectivity index (χ0) is 20.6. The summed E-state index contributed by atoms with van der Waals surface area (Å²) in [6.45, 7) is 7.82. The fourth-order valence-corrected chi connectivity index (χ4v) is 3.05. The lowest BCUT2D eigenvalue weighted by molar-refractivity contribution is -0.116. The lowest BCUT2D eigenvalue weighted by atomic mass is 10.1. The molecule has 0 aliphatic heterocycles.